The van der Waals surface area contributed by atoms with Gasteiger partial charge in [0.2, 0.25) is 10.0 Å². The van der Waals surface area contributed by atoms with Gasteiger partial charge in [0.1, 0.15) is 4.90 Å². The van der Waals surface area contributed by atoms with Gasteiger partial charge in [0, 0.05) is 18.9 Å². The minimum atomic E-state index is -3.49. The van der Waals surface area contributed by atoms with E-state index in [0.29, 0.717) is 18.8 Å². The Bertz CT molecular complexity index is 659. The summed E-state index contributed by atoms with van der Waals surface area (Å²) >= 11 is 0. The molecule has 0 bridgehead atoms. The van der Waals surface area contributed by atoms with Crippen LogP contribution in [0.15, 0.2) is 47.8 Å². The number of hydrogen-bond acceptors (Lipinski definition) is 5. The first-order chi connectivity index (χ1) is 9.63. The van der Waals surface area contributed by atoms with Gasteiger partial charge in [-0.1, -0.05) is 19.1 Å². The zero-order chi connectivity index (χ0) is 14.4. The highest BCUT2D eigenvalue weighted by Gasteiger charge is 2.16. The number of sulfonamides is 1. The summed E-state index contributed by atoms with van der Waals surface area (Å²) in [4.78, 5) is 8.32. The van der Waals surface area contributed by atoms with Crippen LogP contribution < -0.4 is 10.0 Å². The fourth-order valence-electron chi connectivity index (χ4n) is 1.72. The van der Waals surface area contributed by atoms with E-state index in [1.165, 1.54) is 0 Å². The number of nitrogens with zero attached hydrogens (tertiary/aromatic N) is 2. The molecule has 0 atom stereocenters. The summed E-state index contributed by atoms with van der Waals surface area (Å²) in [6.45, 7) is 2.50. The molecule has 0 amide bonds. The molecule has 2 rings (SSSR count). The van der Waals surface area contributed by atoms with Crippen molar-refractivity contribution < 1.29 is 8.42 Å². The van der Waals surface area contributed by atoms with Crippen molar-refractivity contribution in [1.29, 1.82) is 0 Å². The van der Waals surface area contributed by atoms with Crippen molar-refractivity contribution in [3.8, 4) is 0 Å². The first-order valence-corrected chi connectivity index (χ1v) is 7.69. The van der Waals surface area contributed by atoms with Crippen LogP contribution in [0.4, 0.5) is 5.69 Å². The van der Waals surface area contributed by atoms with Crippen LogP contribution in [-0.4, -0.2) is 24.9 Å². The Hall–Kier alpha value is -1.99. The topological polar surface area (TPSA) is 84.0 Å². The fraction of sp³-hybridized carbons (Fsp3) is 0.231. The van der Waals surface area contributed by atoms with Crippen LogP contribution in [0.25, 0.3) is 0 Å². The molecule has 0 aliphatic heterocycles. The minimum Gasteiger partial charge on any atom is -0.378 e. The van der Waals surface area contributed by atoms with Gasteiger partial charge in [-0.05, 0) is 12.1 Å². The molecule has 6 nitrogen and oxygen atoms in total. The zero-order valence-electron chi connectivity index (χ0n) is 11.1. The monoisotopic (exact) mass is 292 g/mol. The Morgan fingerprint density at radius 1 is 1.20 bits per heavy atom. The first-order valence-electron chi connectivity index (χ1n) is 6.21. The molecule has 0 aliphatic carbocycles. The lowest BCUT2D eigenvalue weighted by atomic mass is 10.3. The number of para-hydroxylation sites is 1. The summed E-state index contributed by atoms with van der Waals surface area (Å²) in [6, 6.07) is 6.76. The number of hydrogen-bond donors (Lipinski definition) is 2. The highest BCUT2D eigenvalue weighted by molar-refractivity contribution is 7.89. The predicted octanol–water partition coefficient (Wildman–Crippen LogP) is 1.39. The molecule has 0 unspecified atom stereocenters. The lowest BCUT2D eigenvalue weighted by molar-refractivity contribution is 0.584. The second-order valence-electron chi connectivity index (χ2n) is 4.05. The molecule has 7 heteroatoms. The Kier molecular flexibility index (Phi) is 4.65. The lowest BCUT2D eigenvalue weighted by Crippen LogP contribution is -2.24. The SMILES string of the molecule is CCNS(=O)(=O)c1ccccc1NCc1cnccn1. The summed E-state index contributed by atoms with van der Waals surface area (Å²) in [7, 11) is -3.49. The standard InChI is InChI=1S/C13H16N4O2S/c1-2-17-20(18,19)13-6-4-3-5-12(13)16-10-11-9-14-7-8-15-11/h3-9,16-17H,2,10H2,1H3. The van der Waals surface area contributed by atoms with E-state index in [-0.39, 0.29) is 4.90 Å². The molecule has 2 N–H and O–H groups in total. The van der Waals surface area contributed by atoms with E-state index < -0.39 is 10.0 Å². The molecular weight excluding hydrogens is 276 g/mol. The zero-order valence-corrected chi connectivity index (χ0v) is 11.9. The van der Waals surface area contributed by atoms with Gasteiger partial charge in [0.25, 0.3) is 0 Å². The second-order valence-corrected chi connectivity index (χ2v) is 5.78. The molecule has 106 valence electrons. The number of anilines is 1. The molecule has 0 saturated carbocycles. The highest BCUT2D eigenvalue weighted by Crippen LogP contribution is 2.20. The molecule has 0 saturated heterocycles. The minimum absolute atomic E-state index is 0.228. The summed E-state index contributed by atoms with van der Waals surface area (Å²) < 4.78 is 26.7. The van der Waals surface area contributed by atoms with Crippen LogP contribution in [0.2, 0.25) is 0 Å². The van der Waals surface area contributed by atoms with E-state index in [1.807, 2.05) is 0 Å². The maximum absolute atomic E-state index is 12.1. The average Bonchev–Trinajstić information content (AvgIpc) is 2.46. The van der Waals surface area contributed by atoms with E-state index in [9.17, 15) is 8.42 Å². The number of nitrogens with one attached hydrogen (secondary N) is 2. The van der Waals surface area contributed by atoms with Crippen LogP contribution in [0.1, 0.15) is 12.6 Å². The highest BCUT2D eigenvalue weighted by atomic mass is 32.2. The quantitative estimate of drug-likeness (QED) is 0.840. The van der Waals surface area contributed by atoms with Crippen molar-refractivity contribution in [3.63, 3.8) is 0 Å². The summed E-state index contributed by atoms with van der Waals surface area (Å²) in [5.74, 6) is 0. The van der Waals surface area contributed by atoms with Gasteiger partial charge in [-0.25, -0.2) is 13.1 Å². The summed E-state index contributed by atoms with van der Waals surface area (Å²) in [5.41, 5.74) is 1.28. The first kappa shape index (κ1) is 14.4. The molecule has 0 aliphatic rings. The lowest BCUT2D eigenvalue weighted by Gasteiger charge is -2.12. The summed E-state index contributed by atoms with van der Waals surface area (Å²) in [6.07, 6.45) is 4.82. The molecule has 1 aromatic heterocycles. The van der Waals surface area contributed by atoms with E-state index in [0.717, 1.165) is 5.69 Å². The van der Waals surface area contributed by atoms with Crippen LogP contribution in [0.3, 0.4) is 0 Å². The maximum Gasteiger partial charge on any atom is 0.242 e. The third-order valence-corrected chi connectivity index (χ3v) is 4.19. The normalized spacial score (nSPS) is 11.2. The smallest absolute Gasteiger partial charge is 0.242 e. The number of rotatable bonds is 6. The van der Waals surface area contributed by atoms with E-state index in [2.05, 4.69) is 20.0 Å². The van der Waals surface area contributed by atoms with Gasteiger partial charge in [-0.3, -0.25) is 9.97 Å². The van der Waals surface area contributed by atoms with Crippen LogP contribution in [-0.2, 0) is 16.6 Å². The van der Waals surface area contributed by atoms with Crippen molar-refractivity contribution in [1.82, 2.24) is 14.7 Å². The Balaban J connectivity index is 2.21. The Morgan fingerprint density at radius 3 is 2.70 bits per heavy atom. The summed E-state index contributed by atoms with van der Waals surface area (Å²) in [5, 5.41) is 3.07. The third-order valence-electron chi connectivity index (χ3n) is 2.59. The predicted molar refractivity (Wildman–Crippen MR) is 76.7 cm³/mol. The van der Waals surface area contributed by atoms with Gasteiger partial charge in [-0.2, -0.15) is 0 Å². The largest absolute Gasteiger partial charge is 0.378 e. The van der Waals surface area contributed by atoms with Gasteiger partial charge < -0.3 is 5.32 Å². The van der Waals surface area contributed by atoms with Gasteiger partial charge in [-0.15, -0.1) is 0 Å². The maximum atomic E-state index is 12.1. The van der Waals surface area contributed by atoms with Crippen molar-refractivity contribution in [3.05, 3.63) is 48.5 Å². The second kappa shape index (κ2) is 6.44. The Morgan fingerprint density at radius 2 is 2.00 bits per heavy atom. The van der Waals surface area contributed by atoms with Crippen molar-refractivity contribution in [2.45, 2.75) is 18.4 Å². The van der Waals surface area contributed by atoms with E-state index in [1.54, 1.807) is 49.8 Å². The van der Waals surface area contributed by atoms with Crippen molar-refractivity contribution >= 4 is 15.7 Å². The molecule has 0 spiro atoms. The fourth-order valence-corrected chi connectivity index (χ4v) is 2.94. The van der Waals surface area contributed by atoms with Gasteiger partial charge in [0.05, 0.1) is 24.1 Å². The van der Waals surface area contributed by atoms with Gasteiger partial charge >= 0.3 is 0 Å². The molecule has 2 aromatic rings. The third kappa shape index (κ3) is 3.52. The van der Waals surface area contributed by atoms with Crippen molar-refractivity contribution in [2.75, 3.05) is 11.9 Å². The Labute approximate surface area is 118 Å². The molecule has 1 heterocycles. The van der Waals surface area contributed by atoms with Crippen LogP contribution >= 0.6 is 0 Å². The van der Waals surface area contributed by atoms with Gasteiger partial charge in [0.15, 0.2) is 0 Å². The molecule has 0 fully saturated rings. The molecule has 1 aromatic carbocycles. The average molecular weight is 292 g/mol. The molecular formula is C13H16N4O2S. The number of benzene rings is 1. The molecule has 0 radical (unpaired) electrons. The number of aromatic nitrogens is 2. The van der Waals surface area contributed by atoms with Crippen LogP contribution in [0, 0.1) is 0 Å². The van der Waals surface area contributed by atoms with E-state index in [4.69, 9.17) is 0 Å². The van der Waals surface area contributed by atoms with Crippen LogP contribution in [0.5, 0.6) is 0 Å². The molecule has 20 heavy (non-hydrogen) atoms. The van der Waals surface area contributed by atoms with Crippen molar-refractivity contribution in [2.24, 2.45) is 0 Å². The van der Waals surface area contributed by atoms with E-state index >= 15 is 0 Å².